The molecule has 21 heavy (non-hydrogen) atoms. The molecule has 0 aliphatic heterocycles. The summed E-state index contributed by atoms with van der Waals surface area (Å²) in [5.74, 6) is 0. The SMILES string of the molecule is CN(C)CCC(O[Si](C)(C)C)(c1ccccc1)C(F)(F)F. The molecule has 2 nitrogen and oxygen atoms in total. The Kier molecular flexibility index (Phi) is 5.63. The van der Waals surface area contributed by atoms with Gasteiger partial charge in [-0.05, 0) is 39.3 Å². The summed E-state index contributed by atoms with van der Waals surface area (Å²) in [6.45, 7) is 5.66. The van der Waals surface area contributed by atoms with Crippen LogP contribution in [0.3, 0.4) is 0 Å². The van der Waals surface area contributed by atoms with Crippen LogP contribution in [0.15, 0.2) is 30.3 Å². The minimum atomic E-state index is -4.45. The molecular weight excluding hydrogens is 295 g/mol. The maximum atomic E-state index is 13.9. The van der Waals surface area contributed by atoms with E-state index in [4.69, 9.17) is 4.43 Å². The lowest BCUT2D eigenvalue weighted by Gasteiger charge is -2.41. The summed E-state index contributed by atoms with van der Waals surface area (Å²) in [6, 6.07) is 7.97. The predicted molar refractivity (Wildman–Crippen MR) is 81.8 cm³/mol. The number of nitrogens with zero attached hydrogens (tertiary/aromatic N) is 1. The minimum absolute atomic E-state index is 0.113. The topological polar surface area (TPSA) is 12.5 Å². The van der Waals surface area contributed by atoms with E-state index in [0.717, 1.165) is 0 Å². The first-order valence-corrected chi connectivity index (χ1v) is 10.4. The van der Waals surface area contributed by atoms with Crippen molar-refractivity contribution in [2.24, 2.45) is 0 Å². The van der Waals surface area contributed by atoms with E-state index >= 15 is 0 Å². The molecule has 0 radical (unpaired) electrons. The molecule has 1 aromatic rings. The number of hydrogen-bond acceptors (Lipinski definition) is 2. The van der Waals surface area contributed by atoms with E-state index in [0.29, 0.717) is 6.54 Å². The Morgan fingerprint density at radius 1 is 1.05 bits per heavy atom. The number of rotatable bonds is 6. The lowest BCUT2D eigenvalue weighted by molar-refractivity contribution is -0.261. The second-order valence-electron chi connectivity index (χ2n) is 6.46. The summed E-state index contributed by atoms with van der Waals surface area (Å²) in [7, 11) is 1.13. The number of benzene rings is 1. The number of hydrogen-bond donors (Lipinski definition) is 0. The second kappa shape index (κ2) is 6.50. The van der Waals surface area contributed by atoms with Crippen molar-refractivity contribution in [2.45, 2.75) is 37.8 Å². The molecule has 0 spiro atoms. The standard InChI is InChI=1S/C15H24F3NOSi/c1-19(2)12-11-14(15(16,17)18,20-21(3,4)5)13-9-7-6-8-10-13/h6-10H,11-12H2,1-5H3. The van der Waals surface area contributed by atoms with Crippen molar-refractivity contribution >= 4 is 8.32 Å². The van der Waals surface area contributed by atoms with E-state index < -0.39 is 20.1 Å². The highest BCUT2D eigenvalue weighted by atomic mass is 28.4. The van der Waals surface area contributed by atoms with Gasteiger partial charge in [-0.15, -0.1) is 0 Å². The fourth-order valence-electron chi connectivity index (χ4n) is 2.23. The molecule has 0 amide bonds. The molecule has 1 atom stereocenters. The smallest absolute Gasteiger partial charge is 0.400 e. The fraction of sp³-hybridized carbons (Fsp3) is 0.600. The summed E-state index contributed by atoms with van der Waals surface area (Å²) < 4.78 is 47.5. The quantitative estimate of drug-likeness (QED) is 0.727. The molecular formula is C15H24F3NOSi. The second-order valence-corrected chi connectivity index (χ2v) is 10.9. The van der Waals surface area contributed by atoms with Crippen molar-refractivity contribution in [3.63, 3.8) is 0 Å². The Hall–Kier alpha value is -0.853. The van der Waals surface area contributed by atoms with E-state index in [9.17, 15) is 13.2 Å². The molecule has 1 aromatic carbocycles. The monoisotopic (exact) mass is 319 g/mol. The van der Waals surface area contributed by atoms with Gasteiger partial charge in [0.15, 0.2) is 13.9 Å². The minimum Gasteiger partial charge on any atom is -0.400 e. The predicted octanol–water partition coefficient (Wildman–Crippen LogP) is 4.25. The van der Waals surface area contributed by atoms with Crippen LogP contribution in [0.2, 0.25) is 19.6 Å². The van der Waals surface area contributed by atoms with E-state index in [1.54, 1.807) is 56.8 Å². The van der Waals surface area contributed by atoms with Crippen molar-refractivity contribution in [1.82, 2.24) is 4.90 Å². The molecule has 120 valence electrons. The molecule has 1 unspecified atom stereocenters. The Balaban J connectivity index is 3.34. The zero-order chi connectivity index (χ0) is 16.3. The fourth-order valence-corrected chi connectivity index (χ4v) is 3.61. The number of alkyl halides is 3. The largest absolute Gasteiger partial charge is 0.420 e. The van der Waals surface area contributed by atoms with Crippen molar-refractivity contribution in [3.05, 3.63) is 35.9 Å². The van der Waals surface area contributed by atoms with Crippen molar-refractivity contribution in [2.75, 3.05) is 20.6 Å². The normalized spacial score (nSPS) is 16.0. The first-order valence-electron chi connectivity index (χ1n) is 6.95. The highest BCUT2D eigenvalue weighted by Gasteiger charge is 2.58. The molecule has 0 aliphatic rings. The molecule has 1 rings (SSSR count). The first kappa shape index (κ1) is 18.2. The molecule has 0 aliphatic carbocycles. The lowest BCUT2D eigenvalue weighted by Crippen LogP contribution is -2.52. The van der Waals surface area contributed by atoms with E-state index in [2.05, 4.69) is 0 Å². The first-order chi connectivity index (χ1) is 9.48. The Bertz CT molecular complexity index is 442. The third-order valence-corrected chi connectivity index (χ3v) is 4.05. The van der Waals surface area contributed by atoms with Crippen LogP contribution in [0, 0.1) is 0 Å². The maximum absolute atomic E-state index is 13.9. The highest BCUT2D eigenvalue weighted by molar-refractivity contribution is 6.69. The molecule has 0 saturated heterocycles. The van der Waals surface area contributed by atoms with Crippen LogP contribution in [-0.2, 0) is 10.0 Å². The van der Waals surface area contributed by atoms with Gasteiger partial charge < -0.3 is 9.33 Å². The molecule has 0 saturated carbocycles. The van der Waals surface area contributed by atoms with Crippen LogP contribution in [0.4, 0.5) is 13.2 Å². The van der Waals surface area contributed by atoms with Gasteiger partial charge in [0.2, 0.25) is 0 Å². The highest BCUT2D eigenvalue weighted by Crippen LogP contribution is 2.46. The van der Waals surface area contributed by atoms with E-state index in [1.807, 2.05) is 0 Å². The average molecular weight is 319 g/mol. The van der Waals surface area contributed by atoms with Gasteiger partial charge in [-0.2, -0.15) is 13.2 Å². The summed E-state index contributed by atoms with van der Waals surface area (Å²) >= 11 is 0. The molecule has 0 heterocycles. The van der Waals surface area contributed by atoms with Gasteiger partial charge in [-0.1, -0.05) is 30.3 Å². The van der Waals surface area contributed by atoms with Crippen LogP contribution >= 0.6 is 0 Å². The van der Waals surface area contributed by atoms with Gasteiger partial charge in [0.1, 0.15) is 0 Å². The van der Waals surface area contributed by atoms with Crippen LogP contribution in [0.25, 0.3) is 0 Å². The van der Waals surface area contributed by atoms with Crippen LogP contribution < -0.4 is 0 Å². The summed E-state index contributed by atoms with van der Waals surface area (Å²) in [4.78, 5) is 1.75. The molecule has 0 bridgehead atoms. The van der Waals surface area contributed by atoms with Gasteiger partial charge in [0.25, 0.3) is 0 Å². The molecule has 0 N–H and O–H groups in total. The van der Waals surface area contributed by atoms with Crippen molar-refractivity contribution in [1.29, 1.82) is 0 Å². The average Bonchev–Trinajstić information content (AvgIpc) is 2.32. The van der Waals surface area contributed by atoms with Crippen LogP contribution in [0.1, 0.15) is 12.0 Å². The van der Waals surface area contributed by atoms with E-state index in [-0.39, 0.29) is 12.0 Å². The summed E-state index contributed by atoms with van der Waals surface area (Å²) in [6.07, 6.45) is -4.57. The lowest BCUT2D eigenvalue weighted by atomic mass is 9.89. The van der Waals surface area contributed by atoms with Gasteiger partial charge in [-0.3, -0.25) is 0 Å². The van der Waals surface area contributed by atoms with Crippen molar-refractivity contribution < 1.29 is 17.6 Å². The van der Waals surface area contributed by atoms with E-state index in [1.165, 1.54) is 12.1 Å². The van der Waals surface area contributed by atoms with Gasteiger partial charge in [0, 0.05) is 13.0 Å². The third kappa shape index (κ3) is 4.83. The van der Waals surface area contributed by atoms with Crippen LogP contribution in [0.5, 0.6) is 0 Å². The molecule has 0 aromatic heterocycles. The van der Waals surface area contributed by atoms with Gasteiger partial charge in [-0.25, -0.2) is 0 Å². The zero-order valence-corrected chi connectivity index (χ0v) is 14.3. The molecule has 0 fully saturated rings. The third-order valence-electron chi connectivity index (χ3n) is 3.09. The summed E-state index contributed by atoms with van der Waals surface area (Å²) in [5.41, 5.74) is -2.05. The van der Waals surface area contributed by atoms with Gasteiger partial charge >= 0.3 is 6.18 Å². The Morgan fingerprint density at radius 2 is 1.57 bits per heavy atom. The number of halogens is 3. The maximum Gasteiger partial charge on any atom is 0.420 e. The Labute approximate surface area is 126 Å². The molecule has 6 heteroatoms. The van der Waals surface area contributed by atoms with Crippen molar-refractivity contribution in [3.8, 4) is 0 Å². The Morgan fingerprint density at radius 3 is 1.95 bits per heavy atom. The van der Waals surface area contributed by atoms with Crippen LogP contribution in [-0.4, -0.2) is 40.0 Å². The summed E-state index contributed by atoms with van der Waals surface area (Å²) in [5, 5.41) is 0. The van der Waals surface area contributed by atoms with Gasteiger partial charge in [0.05, 0.1) is 0 Å². The zero-order valence-electron chi connectivity index (χ0n) is 13.3.